The highest BCUT2D eigenvalue weighted by molar-refractivity contribution is 7.47. The quantitative estimate of drug-likeness (QED) is 0.0102. The molecule has 1 saturated carbocycles. The van der Waals surface area contributed by atoms with Gasteiger partial charge in [0.25, 0.3) is 0 Å². The predicted molar refractivity (Wildman–Crippen MR) is 241 cm³/mol. The van der Waals surface area contributed by atoms with E-state index in [0.29, 0.717) is 25.7 Å². The second-order valence-electron chi connectivity index (χ2n) is 16.5. The zero-order valence-electron chi connectivity index (χ0n) is 37.8. The lowest BCUT2D eigenvalue weighted by Gasteiger charge is -2.41. The van der Waals surface area contributed by atoms with Gasteiger partial charge in [0, 0.05) is 12.8 Å². The smallest absolute Gasteiger partial charge is 0.462 e. The molecule has 0 aromatic carbocycles. The molecule has 0 bridgehead atoms. The summed E-state index contributed by atoms with van der Waals surface area (Å²) in [5.74, 6) is -1.19. The van der Waals surface area contributed by atoms with Gasteiger partial charge in [-0.2, -0.15) is 0 Å². The van der Waals surface area contributed by atoms with Crippen LogP contribution in [0.25, 0.3) is 0 Å². The normalized spacial score (nSPS) is 22.8. The second-order valence-corrected chi connectivity index (χ2v) is 17.9. The molecule has 7 unspecified atom stereocenters. The van der Waals surface area contributed by atoms with Gasteiger partial charge in [-0.05, 0) is 38.5 Å². The van der Waals surface area contributed by atoms with E-state index in [4.69, 9.17) is 18.5 Å². The van der Waals surface area contributed by atoms with Gasteiger partial charge in [-0.1, -0.05) is 172 Å². The molecule has 0 aliphatic heterocycles. The topological polar surface area (TPSA) is 230 Å². The first-order chi connectivity index (χ1) is 29.8. The van der Waals surface area contributed by atoms with E-state index in [2.05, 4.69) is 13.8 Å². The minimum atomic E-state index is -5.14. The van der Waals surface area contributed by atoms with Crippen LogP contribution in [0.3, 0.4) is 0 Å². The average molecular weight is 903 g/mol. The first-order valence-electron chi connectivity index (χ1n) is 23.5. The third-order valence-corrected chi connectivity index (χ3v) is 11.8. The van der Waals surface area contributed by atoms with E-state index < -0.39 is 81.8 Å². The molecule has 0 radical (unpaired) electrons. The number of phosphoric acid groups is 1. The van der Waals surface area contributed by atoms with E-state index >= 15 is 0 Å². The van der Waals surface area contributed by atoms with Gasteiger partial charge in [0.1, 0.15) is 43.2 Å². The molecule has 7 atom stereocenters. The molecule has 0 heterocycles. The second kappa shape index (κ2) is 37.0. The third kappa shape index (κ3) is 29.3. The van der Waals surface area contributed by atoms with E-state index in [0.717, 1.165) is 51.4 Å². The Kier molecular flexibility index (Phi) is 34.5. The van der Waals surface area contributed by atoms with Gasteiger partial charge in [-0.15, -0.1) is 0 Å². The molecule has 0 spiro atoms. The molecule has 0 saturated heterocycles. The molecule has 14 nitrogen and oxygen atoms in total. The molecule has 1 rings (SSSR count). The highest BCUT2D eigenvalue weighted by atomic mass is 31.2. The summed E-state index contributed by atoms with van der Waals surface area (Å²) in [4.78, 5) is 35.7. The summed E-state index contributed by atoms with van der Waals surface area (Å²) in [6, 6.07) is 0. The van der Waals surface area contributed by atoms with Gasteiger partial charge in [0.15, 0.2) is 6.10 Å². The first kappa shape index (κ1) is 57.8. The molecule has 0 aromatic rings. The Bertz CT molecular complexity index is 1290. The number of aliphatic hydroxyl groups excluding tert-OH is 6. The summed E-state index contributed by atoms with van der Waals surface area (Å²) in [6.07, 6.45) is 26.3. The fourth-order valence-electron chi connectivity index (χ4n) is 6.92. The minimum absolute atomic E-state index is 0.00120. The number of phosphoric ester groups is 1. The third-order valence-electron chi connectivity index (χ3n) is 10.8. The summed E-state index contributed by atoms with van der Waals surface area (Å²) in [5, 5.41) is 60.0. The predicted octanol–water partition coefficient (Wildman–Crippen LogP) is 8.14. The molecule has 1 aliphatic rings. The van der Waals surface area contributed by atoms with Crippen molar-refractivity contribution < 1.29 is 68.2 Å². The van der Waals surface area contributed by atoms with Gasteiger partial charge in [-0.3, -0.25) is 18.6 Å². The van der Waals surface area contributed by atoms with E-state index in [1.54, 1.807) is 6.08 Å². The summed E-state index contributed by atoms with van der Waals surface area (Å²) < 4.78 is 33.4. The lowest BCUT2D eigenvalue weighted by Crippen LogP contribution is -2.64. The van der Waals surface area contributed by atoms with Crippen LogP contribution in [-0.2, 0) is 32.7 Å². The molecule has 15 heteroatoms. The van der Waals surface area contributed by atoms with Crippen molar-refractivity contribution in [3.63, 3.8) is 0 Å². The number of carbonyl (C=O) groups is 2. The van der Waals surface area contributed by atoms with Crippen LogP contribution >= 0.6 is 7.82 Å². The number of aliphatic hydroxyl groups is 6. The lowest BCUT2D eigenvalue weighted by molar-refractivity contribution is -0.220. The van der Waals surface area contributed by atoms with Crippen molar-refractivity contribution in [1.29, 1.82) is 0 Å². The summed E-state index contributed by atoms with van der Waals surface area (Å²) in [5.41, 5.74) is 0. The van der Waals surface area contributed by atoms with E-state index in [-0.39, 0.29) is 12.8 Å². The van der Waals surface area contributed by atoms with Crippen molar-refractivity contribution in [3.05, 3.63) is 48.6 Å². The number of hydrogen-bond donors (Lipinski definition) is 7. The van der Waals surface area contributed by atoms with Crippen LogP contribution < -0.4 is 0 Å². The van der Waals surface area contributed by atoms with Crippen LogP contribution in [0.1, 0.15) is 174 Å². The monoisotopic (exact) mass is 903 g/mol. The Morgan fingerprint density at radius 1 is 0.581 bits per heavy atom. The van der Waals surface area contributed by atoms with E-state index in [1.807, 2.05) is 42.5 Å². The Balaban J connectivity index is 2.52. The van der Waals surface area contributed by atoms with Gasteiger partial charge in [-0.25, -0.2) is 4.57 Å². The molecule has 0 amide bonds. The maximum absolute atomic E-state index is 12.8. The van der Waals surface area contributed by atoms with Crippen LogP contribution in [0.4, 0.5) is 0 Å². The number of ether oxygens (including phenoxy) is 2. The summed E-state index contributed by atoms with van der Waals surface area (Å²) >= 11 is 0. The van der Waals surface area contributed by atoms with Crippen molar-refractivity contribution in [1.82, 2.24) is 0 Å². The maximum atomic E-state index is 12.8. The zero-order chi connectivity index (χ0) is 45.9. The van der Waals surface area contributed by atoms with Gasteiger partial charge in [0.2, 0.25) is 0 Å². The van der Waals surface area contributed by atoms with Crippen LogP contribution in [0.5, 0.6) is 0 Å². The van der Waals surface area contributed by atoms with Gasteiger partial charge < -0.3 is 45.0 Å². The Morgan fingerprint density at radius 2 is 1.06 bits per heavy atom. The average Bonchev–Trinajstić information content (AvgIpc) is 3.25. The van der Waals surface area contributed by atoms with Crippen LogP contribution in [0, 0.1) is 0 Å². The maximum Gasteiger partial charge on any atom is 0.472 e. The van der Waals surface area contributed by atoms with Crippen molar-refractivity contribution in [2.75, 3.05) is 13.2 Å². The molecule has 62 heavy (non-hydrogen) atoms. The number of allylic oxidation sites excluding steroid dienone is 7. The zero-order valence-corrected chi connectivity index (χ0v) is 38.7. The van der Waals surface area contributed by atoms with Crippen LogP contribution in [0.2, 0.25) is 0 Å². The highest BCUT2D eigenvalue weighted by Gasteiger charge is 2.51. The Labute approximate surface area is 372 Å². The molecular weight excluding hydrogens is 819 g/mol. The van der Waals surface area contributed by atoms with Crippen molar-refractivity contribution >= 4 is 19.8 Å². The lowest BCUT2D eigenvalue weighted by atomic mass is 9.85. The number of carbonyl (C=O) groups excluding carboxylic acids is 2. The van der Waals surface area contributed by atoms with E-state index in [1.165, 1.54) is 70.6 Å². The highest BCUT2D eigenvalue weighted by Crippen LogP contribution is 2.47. The molecule has 1 fully saturated rings. The fraction of sp³-hybridized carbons (Fsp3) is 0.787. The van der Waals surface area contributed by atoms with Gasteiger partial charge in [0.05, 0.1) is 12.7 Å². The number of hydrogen-bond acceptors (Lipinski definition) is 13. The van der Waals surface area contributed by atoms with Crippen LogP contribution in [0.15, 0.2) is 48.6 Å². The molecule has 1 aliphatic carbocycles. The summed E-state index contributed by atoms with van der Waals surface area (Å²) in [6.45, 7) is 3.13. The molecule has 7 N–H and O–H groups in total. The first-order valence-corrected chi connectivity index (χ1v) is 25.0. The number of esters is 2. The van der Waals surface area contributed by atoms with E-state index in [9.17, 15) is 49.7 Å². The molecular formula is C47H83O14P. The molecule has 0 aromatic heterocycles. The van der Waals surface area contributed by atoms with Crippen molar-refractivity contribution in [3.8, 4) is 0 Å². The number of unbranched alkanes of at least 4 members (excludes halogenated alkanes) is 17. The van der Waals surface area contributed by atoms with Gasteiger partial charge >= 0.3 is 19.8 Å². The molecule has 360 valence electrons. The number of rotatable bonds is 38. The minimum Gasteiger partial charge on any atom is -0.462 e. The Hall–Kier alpha value is -2.23. The standard InChI is InChI=1S/C47H83O14P/c1-3-5-7-8-9-10-11-12-13-14-17-20-23-26-30-34-40(49)58-36-39(37-59-62(56,57)61-47-45(54)43(52)42(51)44(53)46(47)55)60-41(50)35-31-27-24-21-18-15-16-19-22-25-29-33-38(48)32-28-6-4-2/h15-16,21-22,24-25,29,33,38-39,42-48,51-55H,3-14,17-20,23,26-28,30-32,34-37H2,1-2H3,(H,56,57)/b16-15-,24-21-,25-22-,33-29+. The summed E-state index contributed by atoms with van der Waals surface area (Å²) in [7, 11) is -5.14. The Morgan fingerprint density at radius 3 is 1.65 bits per heavy atom. The van der Waals surface area contributed by atoms with Crippen molar-refractivity contribution in [2.24, 2.45) is 0 Å². The fourth-order valence-corrected chi connectivity index (χ4v) is 7.89. The SMILES string of the molecule is CCCCCCCCCCCCCCCCCC(=O)OCC(COP(=O)(O)OC1C(O)C(O)C(O)C(O)C1O)OC(=O)CCC/C=C\C/C=C\C/C=C\C=C\C(O)CCCCC. The van der Waals surface area contributed by atoms with Crippen molar-refractivity contribution in [2.45, 2.75) is 223 Å². The van der Waals surface area contributed by atoms with Crippen LogP contribution in [-0.4, -0.2) is 110 Å². The largest absolute Gasteiger partial charge is 0.472 e.